The average molecular weight is 341 g/mol. The Morgan fingerprint density at radius 3 is 2.60 bits per heavy atom. The second-order valence-corrected chi connectivity index (χ2v) is 5.84. The third-order valence-electron chi connectivity index (χ3n) is 4.43. The molecular formula is C19H19NO5. The van der Waals surface area contributed by atoms with Crippen molar-refractivity contribution in [3.05, 3.63) is 53.1 Å². The monoisotopic (exact) mass is 341 g/mol. The van der Waals surface area contributed by atoms with Crippen molar-refractivity contribution in [1.29, 1.82) is 0 Å². The molecule has 6 heteroatoms. The molecule has 0 bridgehead atoms. The number of carboxylic acid groups (broad SMARTS) is 1. The number of aryl methyl sites for hydroxylation is 1. The summed E-state index contributed by atoms with van der Waals surface area (Å²) in [6.45, 7) is 0. The number of methoxy groups -OCH3 is 2. The van der Waals surface area contributed by atoms with Crippen LogP contribution in [0.1, 0.15) is 33.8 Å². The van der Waals surface area contributed by atoms with Crippen LogP contribution in [0.3, 0.4) is 0 Å². The first kappa shape index (κ1) is 16.8. The van der Waals surface area contributed by atoms with Crippen LogP contribution in [0.15, 0.2) is 36.4 Å². The van der Waals surface area contributed by atoms with Gasteiger partial charge in [-0.05, 0) is 36.1 Å². The van der Waals surface area contributed by atoms with Gasteiger partial charge in [0.25, 0.3) is 0 Å². The van der Waals surface area contributed by atoms with Crippen LogP contribution >= 0.6 is 0 Å². The quantitative estimate of drug-likeness (QED) is 0.873. The van der Waals surface area contributed by atoms with Crippen LogP contribution < -0.4 is 14.8 Å². The van der Waals surface area contributed by atoms with Crippen molar-refractivity contribution in [3.63, 3.8) is 0 Å². The maximum absolute atomic E-state index is 12.8. The van der Waals surface area contributed by atoms with Crippen LogP contribution in [0, 0.1) is 0 Å². The molecule has 1 aliphatic rings. The van der Waals surface area contributed by atoms with E-state index in [2.05, 4.69) is 5.32 Å². The van der Waals surface area contributed by atoms with Crippen molar-refractivity contribution in [2.45, 2.75) is 18.8 Å². The van der Waals surface area contributed by atoms with E-state index in [4.69, 9.17) is 9.47 Å². The number of hydrogen-bond donors (Lipinski definition) is 2. The van der Waals surface area contributed by atoms with Gasteiger partial charge in [0.05, 0.1) is 31.4 Å². The Kier molecular flexibility index (Phi) is 4.61. The smallest absolute Gasteiger partial charge is 0.335 e. The van der Waals surface area contributed by atoms with Gasteiger partial charge in [-0.2, -0.15) is 0 Å². The molecular weight excluding hydrogens is 322 g/mol. The molecule has 0 spiro atoms. The van der Waals surface area contributed by atoms with E-state index in [-0.39, 0.29) is 28.8 Å². The van der Waals surface area contributed by atoms with Crippen molar-refractivity contribution in [3.8, 4) is 11.5 Å². The number of nitrogens with one attached hydrogen (secondary N) is 1. The number of benzene rings is 2. The fourth-order valence-corrected chi connectivity index (χ4v) is 3.23. The Balaban J connectivity index is 1.93. The van der Waals surface area contributed by atoms with E-state index in [0.29, 0.717) is 5.75 Å². The normalized spacial score (nSPS) is 15.4. The second kappa shape index (κ2) is 6.84. The highest BCUT2D eigenvalue weighted by Gasteiger charge is 2.29. The number of fused-ring (bicyclic) bond motifs is 1. The van der Waals surface area contributed by atoms with E-state index in [1.165, 1.54) is 31.9 Å². The van der Waals surface area contributed by atoms with Crippen LogP contribution in [-0.4, -0.2) is 31.2 Å². The molecule has 1 atom stereocenters. The van der Waals surface area contributed by atoms with Crippen molar-refractivity contribution in [2.75, 3.05) is 19.5 Å². The maximum atomic E-state index is 12.8. The summed E-state index contributed by atoms with van der Waals surface area (Å²) in [5.74, 6) is -1.01. The summed E-state index contributed by atoms with van der Waals surface area (Å²) in [6, 6.07) is 10.6. The molecule has 1 amide bonds. The van der Waals surface area contributed by atoms with E-state index < -0.39 is 5.97 Å². The standard InChI is InChI=1S/C19H19NO5/c1-24-16-10-12(19(22)23)9-15(17(16)25-2)20-18(21)14-8-7-11-5-3-4-6-13(11)14/h3-6,9-10,14H,7-8H2,1-2H3,(H,20,21)(H,22,23). The Labute approximate surface area is 145 Å². The van der Waals surface area contributed by atoms with Crippen molar-refractivity contribution < 1.29 is 24.2 Å². The second-order valence-electron chi connectivity index (χ2n) is 5.84. The summed E-state index contributed by atoms with van der Waals surface area (Å²) in [5.41, 5.74) is 2.49. The van der Waals surface area contributed by atoms with Crippen LogP contribution in [0.5, 0.6) is 11.5 Å². The van der Waals surface area contributed by atoms with Gasteiger partial charge < -0.3 is 19.9 Å². The van der Waals surface area contributed by atoms with E-state index >= 15 is 0 Å². The molecule has 3 rings (SSSR count). The lowest BCUT2D eigenvalue weighted by Gasteiger charge is -2.17. The Bertz CT molecular complexity index is 831. The number of aromatic carboxylic acids is 1. The van der Waals surface area contributed by atoms with E-state index in [0.717, 1.165) is 18.4 Å². The maximum Gasteiger partial charge on any atom is 0.335 e. The fraction of sp³-hybridized carbons (Fsp3) is 0.263. The first-order valence-corrected chi connectivity index (χ1v) is 7.93. The number of carbonyl (C=O) groups excluding carboxylic acids is 1. The van der Waals surface area contributed by atoms with E-state index in [1.54, 1.807) is 0 Å². The molecule has 0 saturated carbocycles. The minimum absolute atomic E-state index is 0.0137. The van der Waals surface area contributed by atoms with Gasteiger partial charge in [-0.3, -0.25) is 4.79 Å². The summed E-state index contributed by atoms with van der Waals surface area (Å²) >= 11 is 0. The number of anilines is 1. The van der Waals surface area contributed by atoms with Gasteiger partial charge in [0, 0.05) is 0 Å². The lowest BCUT2D eigenvalue weighted by molar-refractivity contribution is -0.117. The van der Waals surface area contributed by atoms with Gasteiger partial charge in [0.15, 0.2) is 11.5 Å². The third kappa shape index (κ3) is 3.15. The molecule has 0 aromatic heterocycles. The highest BCUT2D eigenvalue weighted by atomic mass is 16.5. The molecule has 1 aliphatic carbocycles. The molecule has 0 aliphatic heterocycles. The van der Waals surface area contributed by atoms with Gasteiger partial charge in [0.1, 0.15) is 0 Å². The Hall–Kier alpha value is -3.02. The molecule has 2 aromatic rings. The minimum atomic E-state index is -1.11. The van der Waals surface area contributed by atoms with Gasteiger partial charge in [0.2, 0.25) is 5.91 Å². The molecule has 6 nitrogen and oxygen atoms in total. The molecule has 25 heavy (non-hydrogen) atoms. The molecule has 0 radical (unpaired) electrons. The number of carbonyl (C=O) groups is 2. The highest BCUT2D eigenvalue weighted by Crippen LogP contribution is 2.39. The predicted molar refractivity (Wildman–Crippen MR) is 92.6 cm³/mol. The molecule has 0 saturated heterocycles. The first-order chi connectivity index (χ1) is 12.0. The van der Waals surface area contributed by atoms with Gasteiger partial charge in [-0.15, -0.1) is 0 Å². The van der Waals surface area contributed by atoms with Gasteiger partial charge in [-0.25, -0.2) is 4.79 Å². The fourth-order valence-electron chi connectivity index (χ4n) is 3.23. The summed E-state index contributed by atoms with van der Waals surface area (Å²) in [5, 5.41) is 12.1. The molecule has 0 heterocycles. The summed E-state index contributed by atoms with van der Waals surface area (Å²) in [7, 11) is 2.86. The lowest BCUT2D eigenvalue weighted by Crippen LogP contribution is -2.20. The minimum Gasteiger partial charge on any atom is -0.493 e. The van der Waals surface area contributed by atoms with Gasteiger partial charge in [-0.1, -0.05) is 24.3 Å². The number of carboxylic acids is 1. The van der Waals surface area contributed by atoms with Crippen molar-refractivity contribution >= 4 is 17.6 Å². The van der Waals surface area contributed by atoms with E-state index in [1.807, 2.05) is 24.3 Å². The Morgan fingerprint density at radius 2 is 1.92 bits per heavy atom. The largest absolute Gasteiger partial charge is 0.493 e. The van der Waals surface area contributed by atoms with Crippen molar-refractivity contribution in [2.24, 2.45) is 0 Å². The highest BCUT2D eigenvalue weighted by molar-refractivity contribution is 6.00. The van der Waals surface area contributed by atoms with Crippen molar-refractivity contribution in [1.82, 2.24) is 0 Å². The average Bonchev–Trinajstić information content (AvgIpc) is 3.05. The molecule has 2 aromatic carbocycles. The van der Waals surface area contributed by atoms with Crippen LogP contribution in [0.25, 0.3) is 0 Å². The third-order valence-corrected chi connectivity index (χ3v) is 4.43. The summed E-state index contributed by atoms with van der Waals surface area (Å²) in [6.07, 6.45) is 1.58. The molecule has 0 fully saturated rings. The van der Waals surface area contributed by atoms with Crippen LogP contribution in [-0.2, 0) is 11.2 Å². The van der Waals surface area contributed by atoms with Gasteiger partial charge >= 0.3 is 5.97 Å². The first-order valence-electron chi connectivity index (χ1n) is 7.93. The van der Waals surface area contributed by atoms with E-state index in [9.17, 15) is 14.7 Å². The predicted octanol–water partition coefficient (Wildman–Crippen LogP) is 3.07. The zero-order valence-corrected chi connectivity index (χ0v) is 14.0. The number of ether oxygens (including phenoxy) is 2. The number of amides is 1. The molecule has 130 valence electrons. The summed E-state index contributed by atoms with van der Waals surface area (Å²) in [4.78, 5) is 24.1. The number of hydrogen-bond acceptors (Lipinski definition) is 4. The van der Waals surface area contributed by atoms with Crippen LogP contribution in [0.2, 0.25) is 0 Å². The van der Waals surface area contributed by atoms with Crippen LogP contribution in [0.4, 0.5) is 5.69 Å². The SMILES string of the molecule is COc1cc(C(=O)O)cc(NC(=O)C2CCc3ccccc32)c1OC. The topological polar surface area (TPSA) is 84.9 Å². The zero-order chi connectivity index (χ0) is 18.0. The molecule has 1 unspecified atom stereocenters. The lowest BCUT2D eigenvalue weighted by atomic mass is 10.0. The zero-order valence-electron chi connectivity index (χ0n) is 14.0. The number of rotatable bonds is 5. The summed E-state index contributed by atoms with van der Waals surface area (Å²) < 4.78 is 10.5. The molecule has 2 N–H and O–H groups in total. The Morgan fingerprint density at radius 1 is 1.16 bits per heavy atom.